The van der Waals surface area contributed by atoms with Gasteiger partial charge in [-0.3, -0.25) is 0 Å². The van der Waals surface area contributed by atoms with Gasteiger partial charge >= 0.3 is 0 Å². The molecule has 1 unspecified atom stereocenters. The molecule has 1 aliphatic carbocycles. The summed E-state index contributed by atoms with van der Waals surface area (Å²) < 4.78 is 28.0. The van der Waals surface area contributed by atoms with Crippen LogP contribution in [0, 0.1) is 12.8 Å². The van der Waals surface area contributed by atoms with E-state index < -0.39 is 10.0 Å². The lowest BCUT2D eigenvalue weighted by molar-refractivity contribution is 0.285. The van der Waals surface area contributed by atoms with Gasteiger partial charge in [0.1, 0.15) is 4.21 Å². The van der Waals surface area contributed by atoms with Crippen molar-refractivity contribution in [2.45, 2.75) is 62.3 Å². The first kappa shape index (κ1) is 15.5. The van der Waals surface area contributed by atoms with Gasteiger partial charge in [-0.1, -0.05) is 12.8 Å². The maximum absolute atomic E-state index is 12.9. The van der Waals surface area contributed by atoms with Gasteiger partial charge in [-0.15, -0.1) is 11.3 Å². The van der Waals surface area contributed by atoms with E-state index in [2.05, 4.69) is 0 Å². The fourth-order valence-electron chi connectivity index (χ4n) is 3.77. The molecule has 0 amide bonds. The minimum absolute atomic E-state index is 0.0852. The van der Waals surface area contributed by atoms with E-state index in [1.165, 1.54) is 37.0 Å². The van der Waals surface area contributed by atoms with Crippen LogP contribution >= 0.6 is 11.3 Å². The molecule has 3 rings (SSSR count). The molecule has 4 nitrogen and oxygen atoms in total. The minimum Gasteiger partial charge on any atom is -0.391 e. The Labute approximate surface area is 130 Å². The summed E-state index contributed by atoms with van der Waals surface area (Å²) in [5, 5.41) is 9.29. The fourth-order valence-corrected chi connectivity index (χ4v) is 7.10. The molecule has 2 fully saturated rings. The Hall–Kier alpha value is -0.430. The highest BCUT2D eigenvalue weighted by Gasteiger charge is 2.40. The second-order valence-corrected chi connectivity index (χ2v) is 9.45. The van der Waals surface area contributed by atoms with E-state index in [1.54, 1.807) is 10.4 Å². The largest absolute Gasteiger partial charge is 0.391 e. The summed E-state index contributed by atoms with van der Waals surface area (Å²) in [6.07, 6.45) is 6.78. The van der Waals surface area contributed by atoms with Crippen LogP contribution in [-0.2, 0) is 16.6 Å². The van der Waals surface area contributed by atoms with Gasteiger partial charge in [0, 0.05) is 17.5 Å². The van der Waals surface area contributed by atoms with Crippen molar-refractivity contribution in [3.63, 3.8) is 0 Å². The normalized spacial score (nSPS) is 25.0. The van der Waals surface area contributed by atoms with E-state index in [0.717, 1.165) is 23.3 Å². The third kappa shape index (κ3) is 2.79. The van der Waals surface area contributed by atoms with Crippen LogP contribution in [0.3, 0.4) is 0 Å². The van der Waals surface area contributed by atoms with Gasteiger partial charge in [0.2, 0.25) is 0 Å². The minimum atomic E-state index is -3.40. The summed E-state index contributed by atoms with van der Waals surface area (Å²) in [6, 6.07) is 1.91. The molecule has 1 aromatic heterocycles. The van der Waals surface area contributed by atoms with Gasteiger partial charge in [-0.25, -0.2) is 8.42 Å². The summed E-state index contributed by atoms with van der Waals surface area (Å²) >= 11 is 1.22. The fraction of sp³-hybridized carbons (Fsp3) is 0.733. The molecule has 2 aliphatic rings. The van der Waals surface area contributed by atoms with Gasteiger partial charge in [0.25, 0.3) is 10.0 Å². The number of hydrogen-bond donors (Lipinski definition) is 1. The van der Waals surface area contributed by atoms with Crippen LogP contribution < -0.4 is 0 Å². The molecule has 0 radical (unpaired) electrons. The average Bonchev–Trinajstić information content (AvgIpc) is 3.18. The van der Waals surface area contributed by atoms with Crippen molar-refractivity contribution in [2.24, 2.45) is 5.92 Å². The predicted molar refractivity (Wildman–Crippen MR) is 83.9 cm³/mol. The Morgan fingerprint density at radius 3 is 2.62 bits per heavy atom. The number of sulfonamides is 1. The molecule has 1 saturated heterocycles. The average molecular weight is 329 g/mol. The molecule has 0 bridgehead atoms. The van der Waals surface area contributed by atoms with E-state index in [0.29, 0.717) is 16.7 Å². The van der Waals surface area contributed by atoms with E-state index in [-0.39, 0.29) is 12.6 Å². The highest BCUT2D eigenvalue weighted by atomic mass is 32.2. The van der Waals surface area contributed by atoms with Crippen molar-refractivity contribution in [1.82, 2.24) is 4.31 Å². The monoisotopic (exact) mass is 329 g/mol. The molecule has 1 saturated carbocycles. The second-order valence-electron chi connectivity index (χ2n) is 6.20. The van der Waals surface area contributed by atoms with Gasteiger partial charge in [-0.05, 0) is 50.2 Å². The zero-order valence-electron chi connectivity index (χ0n) is 12.4. The molecule has 1 aliphatic heterocycles. The standard InChI is InChI=1S/C15H23NO3S2/c1-11-9-15(20-14(11)10-17)21(18,19)16-8-4-7-13(16)12-5-2-3-6-12/h9,12-13,17H,2-8,10H2,1H3. The zero-order chi connectivity index (χ0) is 15.0. The number of thiophene rings is 1. The highest BCUT2D eigenvalue weighted by Crippen LogP contribution is 2.39. The first-order valence-electron chi connectivity index (χ1n) is 7.76. The van der Waals surface area contributed by atoms with Crippen molar-refractivity contribution in [1.29, 1.82) is 0 Å². The molecule has 1 aromatic rings. The lowest BCUT2D eigenvalue weighted by atomic mass is 9.97. The zero-order valence-corrected chi connectivity index (χ0v) is 14.0. The smallest absolute Gasteiger partial charge is 0.252 e. The SMILES string of the molecule is Cc1cc(S(=O)(=O)N2CCCC2C2CCCC2)sc1CO. The van der Waals surface area contributed by atoms with Crippen LogP contribution in [0.5, 0.6) is 0 Å². The molecule has 1 atom stereocenters. The van der Waals surface area contributed by atoms with E-state index in [4.69, 9.17) is 0 Å². The first-order chi connectivity index (χ1) is 10.0. The van der Waals surface area contributed by atoms with Crippen LogP contribution in [0.15, 0.2) is 10.3 Å². The Kier molecular flexibility index (Phi) is 4.41. The lowest BCUT2D eigenvalue weighted by Crippen LogP contribution is -2.39. The van der Waals surface area contributed by atoms with Gasteiger partial charge in [0.15, 0.2) is 0 Å². The van der Waals surface area contributed by atoms with Crippen molar-refractivity contribution in [3.05, 3.63) is 16.5 Å². The van der Waals surface area contributed by atoms with Crippen molar-refractivity contribution in [2.75, 3.05) is 6.54 Å². The molecule has 0 aromatic carbocycles. The molecule has 2 heterocycles. The number of aliphatic hydroxyl groups excluding tert-OH is 1. The maximum atomic E-state index is 12.9. The molecule has 1 N–H and O–H groups in total. The topological polar surface area (TPSA) is 57.6 Å². The lowest BCUT2D eigenvalue weighted by Gasteiger charge is -2.28. The number of nitrogens with zero attached hydrogens (tertiary/aromatic N) is 1. The summed E-state index contributed by atoms with van der Waals surface area (Å²) in [4.78, 5) is 0.755. The van der Waals surface area contributed by atoms with E-state index in [9.17, 15) is 13.5 Å². The number of rotatable bonds is 4. The van der Waals surface area contributed by atoms with Gasteiger partial charge in [-0.2, -0.15) is 4.31 Å². The maximum Gasteiger partial charge on any atom is 0.252 e. The second kappa shape index (κ2) is 5.99. The summed E-state index contributed by atoms with van der Waals surface area (Å²) in [6.45, 7) is 2.42. The van der Waals surface area contributed by atoms with Gasteiger partial charge < -0.3 is 5.11 Å². The van der Waals surface area contributed by atoms with Crippen molar-refractivity contribution >= 4 is 21.4 Å². The Bertz CT molecular complexity index is 602. The van der Waals surface area contributed by atoms with Crippen molar-refractivity contribution < 1.29 is 13.5 Å². The Balaban J connectivity index is 1.89. The summed E-state index contributed by atoms with van der Waals surface area (Å²) in [7, 11) is -3.40. The molecular formula is C15H23NO3S2. The quantitative estimate of drug-likeness (QED) is 0.924. The third-order valence-electron chi connectivity index (χ3n) is 4.90. The Morgan fingerprint density at radius 2 is 2.00 bits per heavy atom. The van der Waals surface area contributed by atoms with Crippen LogP contribution in [0.25, 0.3) is 0 Å². The van der Waals surface area contributed by atoms with Gasteiger partial charge in [0.05, 0.1) is 6.61 Å². The predicted octanol–water partition coefficient (Wildman–Crippen LogP) is 2.89. The number of hydrogen-bond acceptors (Lipinski definition) is 4. The Morgan fingerprint density at radius 1 is 1.29 bits per heavy atom. The molecule has 21 heavy (non-hydrogen) atoms. The van der Waals surface area contributed by atoms with E-state index in [1.807, 2.05) is 6.92 Å². The van der Waals surface area contributed by atoms with E-state index >= 15 is 0 Å². The van der Waals surface area contributed by atoms with Crippen LogP contribution in [0.2, 0.25) is 0 Å². The van der Waals surface area contributed by atoms with Crippen LogP contribution in [0.4, 0.5) is 0 Å². The molecule has 118 valence electrons. The third-order valence-corrected chi connectivity index (χ3v) is 8.49. The summed E-state index contributed by atoms with van der Waals surface area (Å²) in [5.74, 6) is 0.542. The molecule has 6 heteroatoms. The number of aliphatic hydroxyl groups is 1. The van der Waals surface area contributed by atoms with Crippen LogP contribution in [0.1, 0.15) is 49.0 Å². The first-order valence-corrected chi connectivity index (χ1v) is 10.0. The number of aryl methyl sites for hydroxylation is 1. The molecular weight excluding hydrogens is 306 g/mol. The molecule has 0 spiro atoms. The summed E-state index contributed by atoms with van der Waals surface area (Å²) in [5.41, 5.74) is 0.873. The van der Waals surface area contributed by atoms with Crippen LogP contribution in [-0.4, -0.2) is 30.4 Å². The highest BCUT2D eigenvalue weighted by molar-refractivity contribution is 7.91. The van der Waals surface area contributed by atoms with Crippen molar-refractivity contribution in [3.8, 4) is 0 Å².